The number of oxime groups is 1. The van der Waals surface area contributed by atoms with Gasteiger partial charge in [0.15, 0.2) is 0 Å². The van der Waals surface area contributed by atoms with Crippen molar-refractivity contribution in [3.05, 3.63) is 64.7 Å². The largest absolute Gasteiger partial charge is 0.410 e. The van der Waals surface area contributed by atoms with Gasteiger partial charge in [0.1, 0.15) is 0 Å². The van der Waals surface area contributed by atoms with Gasteiger partial charge in [-0.05, 0) is 25.1 Å². The van der Waals surface area contributed by atoms with Crippen LogP contribution in [-0.4, -0.2) is 18.7 Å². The zero-order valence-electron chi connectivity index (χ0n) is 10.6. The van der Waals surface area contributed by atoms with E-state index in [2.05, 4.69) is 5.16 Å². The first-order chi connectivity index (χ1) is 9.46. The summed E-state index contributed by atoms with van der Waals surface area (Å²) < 4.78 is 25.0. The molecule has 4 nitrogen and oxygen atoms in total. The van der Waals surface area contributed by atoms with Crippen LogP contribution in [0.15, 0.2) is 58.6 Å². The molecule has 0 aromatic heterocycles. The van der Waals surface area contributed by atoms with E-state index in [0.717, 1.165) is 5.56 Å². The van der Waals surface area contributed by atoms with Crippen LogP contribution in [0.25, 0.3) is 0 Å². The van der Waals surface area contributed by atoms with Gasteiger partial charge in [-0.2, -0.15) is 0 Å². The van der Waals surface area contributed by atoms with Crippen LogP contribution in [0.1, 0.15) is 11.1 Å². The summed E-state index contributed by atoms with van der Waals surface area (Å²) in [6.07, 6.45) is 0. The maximum absolute atomic E-state index is 12.5. The van der Waals surface area contributed by atoms with Gasteiger partial charge >= 0.3 is 0 Å². The van der Waals surface area contributed by atoms with Crippen LogP contribution in [0.3, 0.4) is 0 Å². The van der Waals surface area contributed by atoms with Crippen molar-refractivity contribution in [1.29, 1.82) is 0 Å². The maximum atomic E-state index is 12.5. The zero-order valence-corrected chi connectivity index (χ0v) is 12.2. The number of benzene rings is 2. The summed E-state index contributed by atoms with van der Waals surface area (Å²) in [5.41, 5.74) is 1.10. The standard InChI is InChI=1S/C14H12ClNO3S/c1-10-6-8-11(9-7-10)20(18,19)14(16-17)12-4-2-3-5-13(12)15/h2-9,17H,1H3. The van der Waals surface area contributed by atoms with E-state index in [1.54, 1.807) is 24.3 Å². The molecular formula is C14H12ClNO3S. The average Bonchev–Trinajstić information content (AvgIpc) is 2.42. The molecule has 2 rings (SSSR count). The van der Waals surface area contributed by atoms with E-state index in [1.165, 1.54) is 24.3 Å². The molecule has 0 unspecified atom stereocenters. The summed E-state index contributed by atoms with van der Waals surface area (Å²) in [4.78, 5) is 0.0517. The Morgan fingerprint density at radius 2 is 1.70 bits per heavy atom. The minimum Gasteiger partial charge on any atom is -0.410 e. The van der Waals surface area contributed by atoms with Crippen molar-refractivity contribution in [1.82, 2.24) is 0 Å². The molecule has 0 atom stereocenters. The molecule has 20 heavy (non-hydrogen) atoms. The molecule has 0 aliphatic heterocycles. The lowest BCUT2D eigenvalue weighted by molar-refractivity contribution is 0.320. The van der Waals surface area contributed by atoms with E-state index in [1.807, 2.05) is 6.92 Å². The van der Waals surface area contributed by atoms with Gasteiger partial charge in [-0.1, -0.05) is 52.7 Å². The van der Waals surface area contributed by atoms with E-state index in [4.69, 9.17) is 16.8 Å². The van der Waals surface area contributed by atoms with Crippen molar-refractivity contribution in [2.24, 2.45) is 5.16 Å². The second kappa shape index (κ2) is 5.64. The third-order valence-corrected chi connectivity index (χ3v) is 4.81. The van der Waals surface area contributed by atoms with Gasteiger partial charge in [0.05, 0.1) is 9.92 Å². The zero-order chi connectivity index (χ0) is 14.8. The van der Waals surface area contributed by atoms with E-state index in [-0.39, 0.29) is 15.5 Å². The van der Waals surface area contributed by atoms with Crippen molar-refractivity contribution in [2.75, 3.05) is 0 Å². The molecule has 0 spiro atoms. The number of hydrogen-bond acceptors (Lipinski definition) is 4. The summed E-state index contributed by atoms with van der Waals surface area (Å²) in [7, 11) is -3.93. The molecule has 0 amide bonds. The van der Waals surface area contributed by atoms with E-state index < -0.39 is 14.9 Å². The summed E-state index contributed by atoms with van der Waals surface area (Å²) in [5.74, 6) is 0. The highest BCUT2D eigenvalue weighted by molar-refractivity contribution is 8.07. The quantitative estimate of drug-likeness (QED) is 0.401. The third-order valence-electron chi connectivity index (χ3n) is 2.78. The molecule has 0 radical (unpaired) electrons. The van der Waals surface area contributed by atoms with Gasteiger partial charge in [-0.3, -0.25) is 0 Å². The molecule has 0 heterocycles. The van der Waals surface area contributed by atoms with Crippen LogP contribution in [0, 0.1) is 6.92 Å². The Balaban J connectivity index is 2.58. The van der Waals surface area contributed by atoms with Crippen LogP contribution in [0.2, 0.25) is 5.02 Å². The summed E-state index contributed by atoms with van der Waals surface area (Å²) in [6.45, 7) is 1.85. The Hall–Kier alpha value is -1.85. The molecule has 0 aliphatic carbocycles. The predicted octanol–water partition coefficient (Wildman–Crippen LogP) is 3.26. The van der Waals surface area contributed by atoms with Gasteiger partial charge in [0.2, 0.25) is 14.9 Å². The first-order valence-electron chi connectivity index (χ1n) is 5.75. The summed E-state index contributed by atoms with van der Waals surface area (Å²) in [5, 5.41) is 11.8. The molecule has 0 bridgehead atoms. The van der Waals surface area contributed by atoms with Crippen molar-refractivity contribution in [3.8, 4) is 0 Å². The molecule has 0 fully saturated rings. The van der Waals surface area contributed by atoms with Crippen LogP contribution >= 0.6 is 11.6 Å². The lowest BCUT2D eigenvalue weighted by Crippen LogP contribution is -2.17. The van der Waals surface area contributed by atoms with Gasteiger partial charge in [-0.25, -0.2) is 8.42 Å². The molecule has 104 valence electrons. The molecule has 1 N–H and O–H groups in total. The van der Waals surface area contributed by atoms with Crippen molar-refractivity contribution in [2.45, 2.75) is 11.8 Å². The minimum atomic E-state index is -3.93. The fourth-order valence-electron chi connectivity index (χ4n) is 1.72. The number of sulfone groups is 1. The van der Waals surface area contributed by atoms with Gasteiger partial charge in [0.25, 0.3) is 0 Å². The van der Waals surface area contributed by atoms with Crippen molar-refractivity contribution >= 4 is 26.5 Å². The van der Waals surface area contributed by atoms with E-state index in [0.29, 0.717) is 0 Å². The minimum absolute atomic E-state index is 0.0517. The Kier molecular flexibility index (Phi) is 4.11. The monoisotopic (exact) mass is 309 g/mol. The molecule has 0 saturated carbocycles. The van der Waals surface area contributed by atoms with Crippen LogP contribution in [0.4, 0.5) is 0 Å². The topological polar surface area (TPSA) is 66.7 Å². The number of aryl methyl sites for hydroxylation is 1. The smallest absolute Gasteiger partial charge is 0.227 e. The van der Waals surface area contributed by atoms with Gasteiger partial charge in [-0.15, -0.1) is 0 Å². The fourth-order valence-corrected chi connectivity index (χ4v) is 3.29. The first-order valence-corrected chi connectivity index (χ1v) is 7.61. The second-order valence-electron chi connectivity index (χ2n) is 4.20. The normalized spacial score (nSPS) is 12.4. The Morgan fingerprint density at radius 1 is 1.10 bits per heavy atom. The molecule has 2 aromatic carbocycles. The van der Waals surface area contributed by atoms with Crippen LogP contribution in [0.5, 0.6) is 0 Å². The summed E-state index contributed by atoms with van der Waals surface area (Å²) in [6, 6.07) is 12.6. The fraction of sp³-hybridized carbons (Fsp3) is 0.0714. The number of nitrogens with zero attached hydrogens (tertiary/aromatic N) is 1. The highest BCUT2D eigenvalue weighted by atomic mass is 35.5. The SMILES string of the molecule is Cc1ccc(S(=O)(=O)C(=NO)c2ccccc2Cl)cc1. The third kappa shape index (κ3) is 2.69. The van der Waals surface area contributed by atoms with Crippen molar-refractivity contribution in [3.63, 3.8) is 0 Å². The lowest BCUT2D eigenvalue weighted by atomic mass is 10.2. The second-order valence-corrected chi connectivity index (χ2v) is 6.47. The molecule has 0 aliphatic rings. The van der Waals surface area contributed by atoms with Gasteiger partial charge < -0.3 is 5.21 Å². The predicted molar refractivity (Wildman–Crippen MR) is 78.1 cm³/mol. The lowest BCUT2D eigenvalue weighted by Gasteiger charge is -2.08. The number of halogens is 1. The van der Waals surface area contributed by atoms with E-state index in [9.17, 15) is 8.42 Å². The Bertz CT molecular complexity index is 752. The maximum Gasteiger partial charge on any atom is 0.227 e. The Labute approximate surface area is 122 Å². The van der Waals surface area contributed by atoms with E-state index >= 15 is 0 Å². The number of rotatable bonds is 2. The number of hydrogen-bond donors (Lipinski definition) is 1. The highest BCUT2D eigenvalue weighted by Gasteiger charge is 2.26. The molecule has 0 saturated heterocycles. The molecular weight excluding hydrogens is 298 g/mol. The van der Waals surface area contributed by atoms with Crippen LogP contribution in [-0.2, 0) is 9.84 Å². The Morgan fingerprint density at radius 3 is 2.25 bits per heavy atom. The van der Waals surface area contributed by atoms with Gasteiger partial charge in [0, 0.05) is 5.56 Å². The molecule has 6 heteroatoms. The summed E-state index contributed by atoms with van der Waals surface area (Å²) >= 11 is 5.96. The highest BCUT2D eigenvalue weighted by Crippen LogP contribution is 2.23. The first kappa shape index (κ1) is 14.6. The average molecular weight is 310 g/mol. The van der Waals surface area contributed by atoms with Crippen LogP contribution < -0.4 is 0 Å². The van der Waals surface area contributed by atoms with Crippen molar-refractivity contribution < 1.29 is 13.6 Å². The molecule has 2 aromatic rings.